The average Bonchev–Trinajstić information content (AvgIpc) is 2.58. The highest BCUT2D eigenvalue weighted by atomic mass is 16.4. The normalized spacial score (nSPS) is 12.5. The van der Waals surface area contributed by atoms with Gasteiger partial charge in [-0.15, -0.1) is 0 Å². The molecule has 0 aliphatic heterocycles. The molecule has 0 aliphatic carbocycles. The Kier molecular flexibility index (Phi) is 4.47. The average molecular weight is 253 g/mol. The van der Waals surface area contributed by atoms with Gasteiger partial charge in [0.15, 0.2) is 0 Å². The smallest absolute Gasteiger partial charge is 0.305 e. The molecule has 100 valence electrons. The van der Waals surface area contributed by atoms with Gasteiger partial charge < -0.3 is 10.4 Å². The lowest BCUT2D eigenvalue weighted by molar-refractivity contribution is -0.137. The number of carbonyl (C=O) groups excluding carboxylic acids is 1. The standard InChI is InChI=1S/C12H19N3O3/c1-7(2)15-9(4)10(6-13-15)12(18)14-8(3)5-11(16)17/h6-8H,5H2,1-4H3,(H,14,18)(H,16,17). The Labute approximate surface area is 106 Å². The van der Waals surface area contributed by atoms with E-state index in [2.05, 4.69) is 10.4 Å². The van der Waals surface area contributed by atoms with Gasteiger partial charge in [-0.25, -0.2) is 0 Å². The van der Waals surface area contributed by atoms with Crippen molar-refractivity contribution in [2.75, 3.05) is 0 Å². The van der Waals surface area contributed by atoms with Crippen molar-refractivity contribution in [3.8, 4) is 0 Å². The number of rotatable bonds is 5. The second-order valence-corrected chi connectivity index (χ2v) is 4.65. The summed E-state index contributed by atoms with van der Waals surface area (Å²) in [6, 6.07) is -0.222. The first kappa shape index (κ1) is 14.2. The second-order valence-electron chi connectivity index (χ2n) is 4.65. The number of hydrogen-bond donors (Lipinski definition) is 2. The van der Waals surface area contributed by atoms with Crippen LogP contribution in [0.2, 0.25) is 0 Å². The predicted octanol–water partition coefficient (Wildman–Crippen LogP) is 1.37. The van der Waals surface area contributed by atoms with Crippen LogP contribution in [0.15, 0.2) is 6.20 Å². The van der Waals surface area contributed by atoms with Gasteiger partial charge in [0.25, 0.3) is 5.91 Å². The molecule has 6 heteroatoms. The van der Waals surface area contributed by atoms with Crippen molar-refractivity contribution < 1.29 is 14.7 Å². The van der Waals surface area contributed by atoms with E-state index in [4.69, 9.17) is 5.11 Å². The number of hydrogen-bond acceptors (Lipinski definition) is 3. The van der Waals surface area contributed by atoms with Crippen molar-refractivity contribution in [1.82, 2.24) is 15.1 Å². The fourth-order valence-electron chi connectivity index (χ4n) is 1.78. The van der Waals surface area contributed by atoms with E-state index in [-0.39, 0.29) is 18.4 Å². The van der Waals surface area contributed by atoms with Gasteiger partial charge in [0.1, 0.15) is 0 Å². The monoisotopic (exact) mass is 253 g/mol. The third kappa shape index (κ3) is 3.32. The molecule has 1 amide bonds. The predicted molar refractivity (Wildman–Crippen MR) is 66.5 cm³/mol. The highest BCUT2D eigenvalue weighted by molar-refractivity contribution is 5.95. The molecule has 1 aromatic rings. The molecule has 0 fully saturated rings. The van der Waals surface area contributed by atoms with Gasteiger partial charge >= 0.3 is 5.97 Å². The number of nitrogens with zero attached hydrogens (tertiary/aromatic N) is 2. The molecule has 6 nitrogen and oxygen atoms in total. The summed E-state index contributed by atoms with van der Waals surface area (Å²) in [6.07, 6.45) is 1.42. The SMILES string of the molecule is Cc1c(C(=O)NC(C)CC(=O)O)cnn1C(C)C. The number of aliphatic carboxylic acids is 1. The van der Waals surface area contributed by atoms with E-state index >= 15 is 0 Å². The van der Waals surface area contributed by atoms with Crippen LogP contribution < -0.4 is 5.32 Å². The van der Waals surface area contributed by atoms with Crippen LogP contribution >= 0.6 is 0 Å². The molecule has 1 unspecified atom stereocenters. The number of carbonyl (C=O) groups is 2. The van der Waals surface area contributed by atoms with Gasteiger partial charge in [-0.1, -0.05) is 0 Å². The maximum absolute atomic E-state index is 11.9. The highest BCUT2D eigenvalue weighted by Gasteiger charge is 2.18. The van der Waals surface area contributed by atoms with E-state index in [1.165, 1.54) is 6.20 Å². The molecule has 0 spiro atoms. The second kappa shape index (κ2) is 5.66. The fourth-order valence-corrected chi connectivity index (χ4v) is 1.78. The van der Waals surface area contributed by atoms with E-state index in [9.17, 15) is 9.59 Å². The highest BCUT2D eigenvalue weighted by Crippen LogP contribution is 2.12. The van der Waals surface area contributed by atoms with Crippen molar-refractivity contribution >= 4 is 11.9 Å². The molecule has 2 N–H and O–H groups in total. The van der Waals surface area contributed by atoms with Gasteiger partial charge in [0, 0.05) is 17.8 Å². The minimum absolute atomic E-state index is 0.0941. The third-order valence-electron chi connectivity index (χ3n) is 2.64. The Morgan fingerprint density at radius 2 is 2.06 bits per heavy atom. The minimum atomic E-state index is -0.933. The van der Waals surface area contributed by atoms with Crippen LogP contribution in [0.3, 0.4) is 0 Å². The molecule has 0 saturated carbocycles. The summed E-state index contributed by atoms with van der Waals surface area (Å²) in [5, 5.41) is 15.4. The molecule has 0 aromatic carbocycles. The van der Waals surface area contributed by atoms with Gasteiger partial charge in [0.2, 0.25) is 0 Å². The number of carboxylic acid groups (broad SMARTS) is 1. The van der Waals surface area contributed by atoms with Gasteiger partial charge in [-0.2, -0.15) is 5.10 Å². The van der Waals surface area contributed by atoms with Crippen molar-refractivity contribution in [2.24, 2.45) is 0 Å². The molecule has 1 aromatic heterocycles. The third-order valence-corrected chi connectivity index (χ3v) is 2.64. The van der Waals surface area contributed by atoms with Crippen molar-refractivity contribution in [3.05, 3.63) is 17.5 Å². The Morgan fingerprint density at radius 1 is 1.44 bits per heavy atom. The largest absolute Gasteiger partial charge is 0.481 e. The summed E-state index contributed by atoms with van der Waals surface area (Å²) < 4.78 is 1.76. The lowest BCUT2D eigenvalue weighted by Gasteiger charge is -2.12. The Bertz CT molecular complexity index is 451. The van der Waals surface area contributed by atoms with Crippen LogP contribution in [0.4, 0.5) is 0 Å². The molecular formula is C12H19N3O3. The van der Waals surface area contributed by atoms with Crippen LogP contribution in [0.5, 0.6) is 0 Å². The van der Waals surface area contributed by atoms with Crippen LogP contribution in [0.1, 0.15) is 49.3 Å². The molecule has 0 bridgehead atoms. The number of carboxylic acids is 1. The minimum Gasteiger partial charge on any atom is -0.481 e. The number of aromatic nitrogens is 2. The summed E-state index contributed by atoms with van der Waals surface area (Å²) >= 11 is 0. The molecule has 0 aliphatic rings. The molecular weight excluding hydrogens is 234 g/mol. The summed E-state index contributed by atoms with van der Waals surface area (Å²) in [4.78, 5) is 22.5. The van der Waals surface area contributed by atoms with E-state index < -0.39 is 12.0 Å². The van der Waals surface area contributed by atoms with Gasteiger partial charge in [-0.05, 0) is 27.7 Å². The maximum Gasteiger partial charge on any atom is 0.305 e. The van der Waals surface area contributed by atoms with Crippen molar-refractivity contribution in [1.29, 1.82) is 0 Å². The molecule has 1 atom stereocenters. The van der Waals surface area contributed by atoms with E-state index in [1.54, 1.807) is 11.6 Å². The van der Waals surface area contributed by atoms with Gasteiger partial charge in [-0.3, -0.25) is 14.3 Å². The fraction of sp³-hybridized carbons (Fsp3) is 0.583. The van der Waals surface area contributed by atoms with Crippen LogP contribution in [-0.4, -0.2) is 32.8 Å². The van der Waals surface area contributed by atoms with Crippen molar-refractivity contribution in [2.45, 2.75) is 46.2 Å². The first-order chi connectivity index (χ1) is 8.32. The molecule has 0 radical (unpaired) electrons. The summed E-state index contributed by atoms with van der Waals surface area (Å²) in [7, 11) is 0. The first-order valence-corrected chi connectivity index (χ1v) is 5.89. The van der Waals surface area contributed by atoms with Crippen molar-refractivity contribution in [3.63, 3.8) is 0 Å². The van der Waals surface area contributed by atoms with E-state index in [0.29, 0.717) is 5.56 Å². The van der Waals surface area contributed by atoms with Crippen LogP contribution in [-0.2, 0) is 4.79 Å². The van der Waals surface area contributed by atoms with Crippen LogP contribution in [0, 0.1) is 6.92 Å². The molecule has 0 saturated heterocycles. The van der Waals surface area contributed by atoms with E-state index in [1.807, 2.05) is 20.8 Å². The Morgan fingerprint density at radius 3 is 2.50 bits per heavy atom. The zero-order chi connectivity index (χ0) is 13.9. The van der Waals surface area contributed by atoms with Gasteiger partial charge in [0.05, 0.1) is 18.2 Å². The summed E-state index contributed by atoms with van der Waals surface area (Å²) in [5.74, 6) is -1.22. The maximum atomic E-state index is 11.9. The zero-order valence-corrected chi connectivity index (χ0v) is 11.1. The van der Waals surface area contributed by atoms with E-state index in [0.717, 1.165) is 5.69 Å². The quantitative estimate of drug-likeness (QED) is 0.830. The zero-order valence-electron chi connectivity index (χ0n) is 11.1. The Hall–Kier alpha value is -1.85. The molecule has 1 heterocycles. The summed E-state index contributed by atoms with van der Waals surface area (Å²) in [6.45, 7) is 7.45. The van der Waals surface area contributed by atoms with Crippen LogP contribution in [0.25, 0.3) is 0 Å². The topological polar surface area (TPSA) is 84.2 Å². The molecule has 18 heavy (non-hydrogen) atoms. The number of nitrogens with one attached hydrogen (secondary N) is 1. The summed E-state index contributed by atoms with van der Waals surface area (Å²) in [5.41, 5.74) is 1.27. The number of amides is 1. The molecule has 1 rings (SSSR count). The first-order valence-electron chi connectivity index (χ1n) is 5.89. The lowest BCUT2D eigenvalue weighted by Crippen LogP contribution is -2.34. The lowest BCUT2D eigenvalue weighted by atomic mass is 10.2. The Balaban J connectivity index is 2.76.